The molecule has 1 fully saturated rings. The minimum atomic E-state index is -0.298. The fourth-order valence-corrected chi connectivity index (χ4v) is 3.92. The third kappa shape index (κ3) is 7.05. The van der Waals surface area contributed by atoms with Crippen molar-refractivity contribution in [2.24, 2.45) is 0 Å². The topological polar surface area (TPSA) is 47.6 Å². The fraction of sp³-hybridized carbons (Fsp3) is 0.381. The van der Waals surface area contributed by atoms with Gasteiger partial charge in [-0.05, 0) is 42.8 Å². The molecule has 2 aromatic rings. The quantitative estimate of drug-likeness (QED) is 0.579. The maximum atomic E-state index is 12.0. The average molecular weight is 456 g/mol. The number of urea groups is 1. The van der Waals surface area contributed by atoms with Crippen LogP contribution in [0.25, 0.3) is 0 Å². The number of rotatable bonds is 7. The lowest BCUT2D eigenvalue weighted by atomic mass is 10.2. The molecular weight excluding hydrogens is 431 g/mol. The number of piperazine rings is 1. The predicted molar refractivity (Wildman–Crippen MR) is 121 cm³/mol. The average Bonchev–Trinajstić information content (AvgIpc) is 2.71. The van der Waals surface area contributed by atoms with Gasteiger partial charge in [0.05, 0.1) is 15.7 Å². The summed E-state index contributed by atoms with van der Waals surface area (Å²) in [6, 6.07) is 12.9. The van der Waals surface area contributed by atoms with E-state index in [0.29, 0.717) is 22.3 Å². The molecule has 156 valence electrons. The van der Waals surface area contributed by atoms with E-state index in [1.165, 1.54) is 5.56 Å². The van der Waals surface area contributed by atoms with E-state index in [-0.39, 0.29) is 6.03 Å². The van der Waals surface area contributed by atoms with Gasteiger partial charge in [0, 0.05) is 44.3 Å². The number of nitrogens with zero attached hydrogens (tertiary/aromatic N) is 2. The lowest BCUT2D eigenvalue weighted by molar-refractivity contribution is 0.126. The van der Waals surface area contributed by atoms with Crippen molar-refractivity contribution in [2.75, 3.05) is 44.6 Å². The first-order chi connectivity index (χ1) is 14.0. The van der Waals surface area contributed by atoms with Gasteiger partial charge in [0.2, 0.25) is 0 Å². The van der Waals surface area contributed by atoms with E-state index < -0.39 is 0 Å². The molecule has 2 amide bonds. The minimum Gasteiger partial charge on any atom is -0.338 e. The van der Waals surface area contributed by atoms with Gasteiger partial charge in [-0.15, -0.1) is 0 Å². The zero-order valence-electron chi connectivity index (χ0n) is 16.1. The van der Waals surface area contributed by atoms with Crippen LogP contribution in [0.1, 0.15) is 12.0 Å². The maximum Gasteiger partial charge on any atom is 0.319 e. The molecule has 1 saturated heterocycles. The molecule has 1 aliphatic rings. The van der Waals surface area contributed by atoms with Gasteiger partial charge in [-0.25, -0.2) is 4.79 Å². The van der Waals surface area contributed by atoms with Crippen LogP contribution in [-0.4, -0.2) is 55.1 Å². The number of carbonyl (C=O) groups is 1. The molecular formula is C21H25Cl3N4O. The summed E-state index contributed by atoms with van der Waals surface area (Å²) in [7, 11) is 0. The highest BCUT2D eigenvalue weighted by atomic mass is 35.5. The number of halogens is 3. The first-order valence-corrected chi connectivity index (χ1v) is 10.8. The summed E-state index contributed by atoms with van der Waals surface area (Å²) >= 11 is 18.1. The number of carbonyl (C=O) groups excluding carboxylic acids is 1. The molecule has 0 atom stereocenters. The van der Waals surface area contributed by atoms with Crippen LogP contribution in [0.3, 0.4) is 0 Å². The number of para-hydroxylation sites is 1. The smallest absolute Gasteiger partial charge is 0.319 e. The van der Waals surface area contributed by atoms with Crippen molar-refractivity contribution >= 4 is 46.5 Å². The predicted octanol–water partition coefficient (Wildman–Crippen LogP) is 4.98. The summed E-state index contributed by atoms with van der Waals surface area (Å²) < 4.78 is 0. The first kappa shape index (κ1) is 22.2. The van der Waals surface area contributed by atoms with E-state index in [0.717, 1.165) is 50.7 Å². The summed E-state index contributed by atoms with van der Waals surface area (Å²) in [6.07, 6.45) is 0.890. The van der Waals surface area contributed by atoms with Gasteiger partial charge >= 0.3 is 6.03 Å². The molecule has 0 radical (unpaired) electrons. The number of anilines is 1. The summed E-state index contributed by atoms with van der Waals surface area (Å²) in [6.45, 7) is 6.67. The SMILES string of the molecule is O=C(NCCCN1CCN(Cc2ccc(Cl)cc2)CC1)Nc1c(Cl)cccc1Cl. The Balaban J connectivity index is 1.30. The maximum absolute atomic E-state index is 12.0. The number of nitrogens with one attached hydrogen (secondary N) is 2. The Labute approximate surface area is 186 Å². The normalized spacial score (nSPS) is 15.3. The number of amides is 2. The molecule has 29 heavy (non-hydrogen) atoms. The number of benzene rings is 2. The Bertz CT molecular complexity index is 788. The second kappa shape index (κ2) is 11.0. The largest absolute Gasteiger partial charge is 0.338 e. The highest BCUT2D eigenvalue weighted by molar-refractivity contribution is 6.39. The monoisotopic (exact) mass is 454 g/mol. The molecule has 1 aliphatic heterocycles. The highest BCUT2D eigenvalue weighted by Gasteiger charge is 2.16. The van der Waals surface area contributed by atoms with Crippen molar-refractivity contribution in [3.63, 3.8) is 0 Å². The highest BCUT2D eigenvalue weighted by Crippen LogP contribution is 2.29. The van der Waals surface area contributed by atoms with Crippen molar-refractivity contribution in [1.29, 1.82) is 0 Å². The van der Waals surface area contributed by atoms with Gasteiger partial charge in [-0.3, -0.25) is 4.90 Å². The van der Waals surface area contributed by atoms with Crippen LogP contribution in [0.2, 0.25) is 15.1 Å². The van der Waals surface area contributed by atoms with Crippen LogP contribution >= 0.6 is 34.8 Å². The van der Waals surface area contributed by atoms with Gasteiger partial charge < -0.3 is 15.5 Å². The third-order valence-electron chi connectivity index (χ3n) is 4.92. The van der Waals surface area contributed by atoms with Crippen LogP contribution in [0.5, 0.6) is 0 Å². The van der Waals surface area contributed by atoms with E-state index in [2.05, 4.69) is 32.6 Å². The Hall–Kier alpha value is -1.50. The van der Waals surface area contributed by atoms with E-state index in [1.54, 1.807) is 18.2 Å². The number of hydrogen-bond donors (Lipinski definition) is 2. The van der Waals surface area contributed by atoms with Gasteiger partial charge in [0.25, 0.3) is 0 Å². The van der Waals surface area contributed by atoms with Crippen LogP contribution < -0.4 is 10.6 Å². The molecule has 8 heteroatoms. The van der Waals surface area contributed by atoms with E-state index in [1.807, 2.05) is 12.1 Å². The molecule has 0 unspecified atom stereocenters. The second-order valence-corrected chi connectivity index (χ2v) is 8.33. The molecule has 1 heterocycles. The fourth-order valence-electron chi connectivity index (χ4n) is 3.30. The van der Waals surface area contributed by atoms with Gasteiger partial charge in [0.1, 0.15) is 0 Å². The Morgan fingerprint density at radius 3 is 2.17 bits per heavy atom. The van der Waals surface area contributed by atoms with Gasteiger partial charge in [0.15, 0.2) is 0 Å². The third-order valence-corrected chi connectivity index (χ3v) is 5.80. The first-order valence-electron chi connectivity index (χ1n) is 9.69. The minimum absolute atomic E-state index is 0.298. The molecule has 0 saturated carbocycles. The number of hydrogen-bond acceptors (Lipinski definition) is 3. The lowest BCUT2D eigenvalue weighted by Gasteiger charge is -2.34. The van der Waals surface area contributed by atoms with E-state index in [9.17, 15) is 4.79 Å². The lowest BCUT2D eigenvalue weighted by Crippen LogP contribution is -2.46. The molecule has 0 aliphatic carbocycles. The van der Waals surface area contributed by atoms with Crippen molar-refractivity contribution in [1.82, 2.24) is 15.1 Å². The molecule has 3 rings (SSSR count). The van der Waals surface area contributed by atoms with Crippen molar-refractivity contribution in [2.45, 2.75) is 13.0 Å². The van der Waals surface area contributed by atoms with E-state index in [4.69, 9.17) is 34.8 Å². The summed E-state index contributed by atoms with van der Waals surface area (Å²) in [5, 5.41) is 7.18. The summed E-state index contributed by atoms with van der Waals surface area (Å²) in [5.74, 6) is 0. The van der Waals surface area contributed by atoms with E-state index >= 15 is 0 Å². The van der Waals surface area contributed by atoms with Crippen molar-refractivity contribution < 1.29 is 4.79 Å². The molecule has 2 N–H and O–H groups in total. The molecule has 5 nitrogen and oxygen atoms in total. The van der Waals surface area contributed by atoms with Gasteiger partial charge in [-0.2, -0.15) is 0 Å². The zero-order chi connectivity index (χ0) is 20.6. The molecule has 0 bridgehead atoms. The standard InChI is InChI=1S/C21H25Cl3N4O/c22-17-7-5-16(6-8-17)15-28-13-11-27(12-14-28)10-2-9-25-21(29)26-20-18(23)3-1-4-19(20)24/h1,3-8H,2,9-15H2,(H2,25,26,29). The van der Waals surface area contributed by atoms with Crippen molar-refractivity contribution in [3.05, 3.63) is 63.1 Å². The Morgan fingerprint density at radius 1 is 0.897 bits per heavy atom. The molecule has 0 aromatic heterocycles. The summed E-state index contributed by atoms with van der Waals surface area (Å²) in [5.41, 5.74) is 1.72. The van der Waals surface area contributed by atoms with Crippen LogP contribution in [0.4, 0.5) is 10.5 Å². The van der Waals surface area contributed by atoms with Crippen molar-refractivity contribution in [3.8, 4) is 0 Å². The zero-order valence-corrected chi connectivity index (χ0v) is 18.4. The van der Waals surface area contributed by atoms with Crippen LogP contribution in [0, 0.1) is 0 Å². The second-order valence-electron chi connectivity index (χ2n) is 7.08. The molecule has 0 spiro atoms. The Morgan fingerprint density at radius 2 is 1.52 bits per heavy atom. The van der Waals surface area contributed by atoms with Crippen LogP contribution in [-0.2, 0) is 6.54 Å². The Kier molecular flexibility index (Phi) is 8.45. The molecule has 2 aromatic carbocycles. The van der Waals surface area contributed by atoms with Crippen LogP contribution in [0.15, 0.2) is 42.5 Å². The van der Waals surface area contributed by atoms with Gasteiger partial charge in [-0.1, -0.05) is 53.0 Å². The summed E-state index contributed by atoms with van der Waals surface area (Å²) in [4.78, 5) is 16.9.